The van der Waals surface area contributed by atoms with Gasteiger partial charge in [-0.2, -0.15) is 26.0 Å². The lowest BCUT2D eigenvalue weighted by molar-refractivity contribution is -0.274. The van der Waals surface area contributed by atoms with E-state index in [1.54, 1.807) is 97.1 Å². The molecule has 7 rings (SSSR count). The van der Waals surface area contributed by atoms with E-state index in [-0.39, 0.29) is 28.8 Å². The Labute approximate surface area is 343 Å². The van der Waals surface area contributed by atoms with E-state index in [2.05, 4.69) is 4.74 Å². The molecule has 304 valence electrons. The molecule has 8 nitrogen and oxygen atoms in total. The average Bonchev–Trinajstić information content (AvgIpc) is 3.22. The predicted molar refractivity (Wildman–Crippen MR) is 218 cm³/mol. The minimum absolute atomic E-state index is 0.0922. The summed E-state index contributed by atoms with van der Waals surface area (Å²) in [6.07, 6.45) is -5.69. The standard InChI is InChI=1S/C47H34F4O8S/c1-30-3-7-32(8-4-30)33-13-21-40(22-14-33)57-42-27-43(29-44(28-42)59-46(48,49)47(50,51)60(53,54)55)58-41-23-15-35(16-24-41)34-11-19-38(20-12-34)56-39-25-17-37(18-26-39)45(52)36-9-5-31(2)6-10-36/h3-29H,1-2H3,(H,53,54,55). The van der Waals surface area contributed by atoms with E-state index in [1.165, 1.54) is 6.07 Å². The third kappa shape index (κ3) is 9.49. The first-order chi connectivity index (χ1) is 28.5. The number of aryl methyl sites for hydroxylation is 2. The number of alkyl halides is 4. The van der Waals surface area contributed by atoms with Crippen molar-refractivity contribution in [3.05, 3.63) is 186 Å². The van der Waals surface area contributed by atoms with E-state index in [0.29, 0.717) is 22.6 Å². The maximum absolute atomic E-state index is 14.6. The van der Waals surface area contributed by atoms with Crippen LogP contribution in [0.2, 0.25) is 0 Å². The number of carbonyl (C=O) groups is 1. The molecule has 0 aliphatic carbocycles. The highest BCUT2D eigenvalue weighted by Gasteiger charge is 2.69. The van der Waals surface area contributed by atoms with Crippen LogP contribution < -0.4 is 18.9 Å². The molecule has 1 N–H and O–H groups in total. The van der Waals surface area contributed by atoms with Gasteiger partial charge in [-0.05, 0) is 96.8 Å². The Hall–Kier alpha value is -6.96. The lowest BCUT2D eigenvalue weighted by Gasteiger charge is -2.24. The van der Waals surface area contributed by atoms with Gasteiger partial charge in [0.2, 0.25) is 0 Å². The van der Waals surface area contributed by atoms with Crippen LogP contribution in [0.3, 0.4) is 0 Å². The van der Waals surface area contributed by atoms with E-state index in [0.717, 1.165) is 45.5 Å². The second-order valence-electron chi connectivity index (χ2n) is 13.7. The molecule has 0 spiro atoms. The van der Waals surface area contributed by atoms with Gasteiger partial charge < -0.3 is 18.9 Å². The van der Waals surface area contributed by atoms with Crippen LogP contribution >= 0.6 is 0 Å². The summed E-state index contributed by atoms with van der Waals surface area (Å²) in [5.74, 6) is 0.145. The minimum Gasteiger partial charge on any atom is -0.457 e. The van der Waals surface area contributed by atoms with Crippen LogP contribution in [0.5, 0.6) is 40.2 Å². The average molecular weight is 835 g/mol. The molecule has 0 aliphatic rings. The summed E-state index contributed by atoms with van der Waals surface area (Å²) in [4.78, 5) is 12.8. The van der Waals surface area contributed by atoms with Crippen molar-refractivity contribution in [3.8, 4) is 62.5 Å². The molecule has 7 aromatic rings. The fraction of sp³-hybridized carbons (Fsp3) is 0.0851. The quantitative estimate of drug-likeness (QED) is 0.0655. The molecule has 0 aromatic heterocycles. The zero-order chi connectivity index (χ0) is 42.7. The Bertz CT molecular complexity index is 2720. The molecule has 0 atom stereocenters. The third-order valence-electron chi connectivity index (χ3n) is 9.18. The molecule has 13 heteroatoms. The molecule has 0 saturated heterocycles. The summed E-state index contributed by atoms with van der Waals surface area (Å²) >= 11 is 0. The van der Waals surface area contributed by atoms with Gasteiger partial charge in [-0.15, -0.1) is 0 Å². The maximum atomic E-state index is 14.6. The van der Waals surface area contributed by atoms with Gasteiger partial charge in [0.05, 0.1) is 0 Å². The number of rotatable bonds is 14. The Morgan fingerprint density at radius 1 is 0.450 bits per heavy atom. The van der Waals surface area contributed by atoms with Gasteiger partial charge in [0.15, 0.2) is 5.78 Å². The molecule has 0 radical (unpaired) electrons. The van der Waals surface area contributed by atoms with Gasteiger partial charge in [0.25, 0.3) is 0 Å². The topological polar surface area (TPSA) is 108 Å². The Morgan fingerprint density at radius 3 is 1.10 bits per heavy atom. The third-order valence-corrected chi connectivity index (χ3v) is 10.1. The molecule has 0 heterocycles. The van der Waals surface area contributed by atoms with Crippen LogP contribution in [0.4, 0.5) is 17.6 Å². The molecular formula is C47H34F4O8S. The highest BCUT2D eigenvalue weighted by atomic mass is 32.2. The fourth-order valence-electron chi connectivity index (χ4n) is 5.93. The molecule has 7 aromatic carbocycles. The van der Waals surface area contributed by atoms with Crippen molar-refractivity contribution < 1.29 is 54.3 Å². The van der Waals surface area contributed by atoms with E-state index in [9.17, 15) is 30.8 Å². The first kappa shape index (κ1) is 41.2. The number of ketones is 1. The summed E-state index contributed by atoms with van der Waals surface area (Å²) in [5, 5.41) is -5.99. The van der Waals surface area contributed by atoms with E-state index in [1.807, 2.05) is 62.4 Å². The predicted octanol–water partition coefficient (Wildman–Crippen LogP) is 12.7. The zero-order valence-electron chi connectivity index (χ0n) is 31.8. The molecule has 0 fully saturated rings. The highest BCUT2D eigenvalue weighted by molar-refractivity contribution is 7.87. The van der Waals surface area contributed by atoms with Crippen LogP contribution in [-0.4, -0.2) is 30.1 Å². The van der Waals surface area contributed by atoms with Crippen molar-refractivity contribution in [2.45, 2.75) is 25.2 Å². The van der Waals surface area contributed by atoms with Crippen LogP contribution in [-0.2, 0) is 10.1 Å². The smallest absolute Gasteiger partial charge is 0.457 e. The van der Waals surface area contributed by atoms with Crippen molar-refractivity contribution in [2.75, 3.05) is 0 Å². The number of halogens is 4. The largest absolute Gasteiger partial charge is 0.483 e. The van der Waals surface area contributed by atoms with Gasteiger partial charge in [0, 0.05) is 29.3 Å². The zero-order valence-corrected chi connectivity index (χ0v) is 32.6. The van der Waals surface area contributed by atoms with Crippen molar-refractivity contribution in [1.82, 2.24) is 0 Å². The summed E-state index contributed by atoms with van der Waals surface area (Å²) in [7, 11) is -6.57. The summed E-state index contributed by atoms with van der Waals surface area (Å²) in [6.45, 7) is 3.92. The molecular weight excluding hydrogens is 801 g/mol. The molecule has 0 aliphatic heterocycles. The van der Waals surface area contributed by atoms with Gasteiger partial charge in [0.1, 0.15) is 40.2 Å². The van der Waals surface area contributed by atoms with Crippen molar-refractivity contribution in [1.29, 1.82) is 0 Å². The van der Waals surface area contributed by atoms with E-state index >= 15 is 0 Å². The van der Waals surface area contributed by atoms with Crippen molar-refractivity contribution in [3.63, 3.8) is 0 Å². The maximum Gasteiger partial charge on any atom is 0.483 e. The second kappa shape index (κ2) is 16.7. The van der Waals surface area contributed by atoms with Crippen LogP contribution in [0.15, 0.2) is 164 Å². The number of ether oxygens (including phenoxy) is 4. The Morgan fingerprint density at radius 2 is 0.733 bits per heavy atom. The number of carbonyl (C=O) groups excluding carboxylic acids is 1. The van der Waals surface area contributed by atoms with Crippen LogP contribution in [0.25, 0.3) is 22.3 Å². The number of hydrogen-bond donors (Lipinski definition) is 1. The van der Waals surface area contributed by atoms with Gasteiger partial charge in [-0.1, -0.05) is 96.1 Å². The molecule has 0 amide bonds. The first-order valence-electron chi connectivity index (χ1n) is 18.2. The highest BCUT2D eigenvalue weighted by Crippen LogP contribution is 2.42. The Kier molecular flexibility index (Phi) is 11.5. The number of hydrogen-bond acceptors (Lipinski definition) is 7. The minimum atomic E-state index is -6.57. The van der Waals surface area contributed by atoms with Crippen LogP contribution in [0.1, 0.15) is 27.0 Å². The summed E-state index contributed by atoms with van der Waals surface area (Å²) in [5.41, 5.74) is 6.66. The summed E-state index contributed by atoms with van der Waals surface area (Å²) < 4.78 is 110. The normalized spacial score (nSPS) is 11.8. The van der Waals surface area contributed by atoms with E-state index < -0.39 is 27.2 Å². The molecule has 0 unspecified atom stereocenters. The molecule has 60 heavy (non-hydrogen) atoms. The van der Waals surface area contributed by atoms with Gasteiger partial charge >= 0.3 is 21.5 Å². The summed E-state index contributed by atoms with van der Waals surface area (Å²) in [6, 6.07) is 45.5. The van der Waals surface area contributed by atoms with Crippen molar-refractivity contribution >= 4 is 15.9 Å². The first-order valence-corrected chi connectivity index (χ1v) is 19.7. The van der Waals surface area contributed by atoms with E-state index in [4.69, 9.17) is 18.8 Å². The van der Waals surface area contributed by atoms with Crippen LogP contribution in [0, 0.1) is 13.8 Å². The monoisotopic (exact) mass is 834 g/mol. The molecule has 0 bridgehead atoms. The van der Waals surface area contributed by atoms with Gasteiger partial charge in [-0.3, -0.25) is 9.35 Å². The lowest BCUT2D eigenvalue weighted by atomic mass is 10.0. The SMILES string of the molecule is Cc1ccc(C(=O)c2ccc(Oc3ccc(-c4ccc(Oc5cc(Oc6ccc(-c7ccc(C)cc7)cc6)cc(OC(F)(F)C(F)(F)S(=O)(=O)O)c5)cc4)cc3)cc2)cc1. The lowest BCUT2D eigenvalue weighted by Crippen LogP contribution is -2.50. The second-order valence-corrected chi connectivity index (χ2v) is 15.2. The number of benzene rings is 7. The van der Waals surface area contributed by atoms with Crippen molar-refractivity contribution in [2.24, 2.45) is 0 Å². The molecule has 0 saturated carbocycles. The Balaban J connectivity index is 1.06. The fourth-order valence-corrected chi connectivity index (χ4v) is 6.27. The van der Waals surface area contributed by atoms with Gasteiger partial charge in [-0.25, -0.2) is 0 Å².